The van der Waals surface area contributed by atoms with Crippen molar-refractivity contribution in [1.29, 1.82) is 0 Å². The average Bonchev–Trinajstić information content (AvgIpc) is 3.27. The van der Waals surface area contributed by atoms with Crippen LogP contribution in [0, 0.1) is 43.4 Å². The summed E-state index contributed by atoms with van der Waals surface area (Å²) in [6.45, 7) is 7.97. The number of benzene rings is 1. The van der Waals surface area contributed by atoms with E-state index < -0.39 is 6.04 Å². The molecule has 2 bridgehead atoms. The molecule has 0 aromatic heterocycles. The van der Waals surface area contributed by atoms with Crippen LogP contribution in [-0.4, -0.2) is 38.3 Å². The number of rotatable bonds is 5. The monoisotopic (exact) mass is 538 g/mol. The second-order valence-electron chi connectivity index (χ2n) is 9.50. The van der Waals surface area contributed by atoms with Crippen LogP contribution in [0.2, 0.25) is 0 Å². The Balaban J connectivity index is 1.62. The number of hydrogen-bond acceptors (Lipinski definition) is 3. The summed E-state index contributed by atoms with van der Waals surface area (Å²) in [6.07, 6.45) is 1.34. The maximum absolute atomic E-state index is 13.4. The number of nitrogens with one attached hydrogen (secondary N) is 1. The molecule has 7 atom stereocenters. The second kappa shape index (κ2) is 8.05. The van der Waals surface area contributed by atoms with E-state index in [-0.39, 0.29) is 57.0 Å². The van der Waals surface area contributed by atoms with Crippen molar-refractivity contribution in [2.45, 2.75) is 56.2 Å². The van der Waals surface area contributed by atoms with E-state index >= 15 is 0 Å². The summed E-state index contributed by atoms with van der Waals surface area (Å²) in [6, 6.07) is 5.05. The summed E-state index contributed by atoms with van der Waals surface area (Å²) < 4.78 is 0. The Hall–Kier alpha value is -1.21. The molecule has 1 saturated heterocycles. The molecule has 7 heteroatoms. The van der Waals surface area contributed by atoms with Crippen LogP contribution in [0.1, 0.15) is 37.8 Å². The SMILES string of the molecule is Cc1ccc(NC(=O)[C@H](CC(C)C)N2C(=O)[C@@H]3[C@H]4C[C@@H]([C@@H](Br)[C@H]4Br)[C@H]3C2=O)c(C)c1. The van der Waals surface area contributed by atoms with Crippen molar-refractivity contribution in [3.8, 4) is 0 Å². The van der Waals surface area contributed by atoms with Crippen LogP contribution in [0.5, 0.6) is 0 Å². The zero-order valence-corrected chi connectivity index (χ0v) is 20.9. The molecular weight excluding hydrogens is 512 g/mol. The summed E-state index contributed by atoms with van der Waals surface area (Å²) in [5, 5.41) is 2.98. The van der Waals surface area contributed by atoms with E-state index in [4.69, 9.17) is 0 Å². The maximum atomic E-state index is 13.4. The number of nitrogens with zero attached hydrogens (tertiary/aromatic N) is 1. The van der Waals surface area contributed by atoms with Crippen molar-refractivity contribution in [2.24, 2.45) is 29.6 Å². The number of halogens is 2. The highest BCUT2D eigenvalue weighted by Gasteiger charge is 2.67. The molecular formula is C23H28Br2N2O3. The normalized spacial score (nSPS) is 33.4. The molecule has 5 nitrogen and oxygen atoms in total. The van der Waals surface area contributed by atoms with Gasteiger partial charge in [0.25, 0.3) is 0 Å². The highest BCUT2D eigenvalue weighted by Crippen LogP contribution is 2.60. The zero-order chi connectivity index (χ0) is 21.9. The minimum atomic E-state index is -0.779. The van der Waals surface area contributed by atoms with Crippen molar-refractivity contribution in [3.05, 3.63) is 29.3 Å². The van der Waals surface area contributed by atoms with Crippen LogP contribution in [0.25, 0.3) is 0 Å². The molecule has 2 aliphatic carbocycles. The molecule has 0 spiro atoms. The molecule has 1 heterocycles. The minimum absolute atomic E-state index is 0.146. The molecule has 162 valence electrons. The fraction of sp³-hybridized carbons (Fsp3) is 0.609. The van der Waals surface area contributed by atoms with Crippen molar-refractivity contribution in [1.82, 2.24) is 4.90 Å². The quantitative estimate of drug-likeness (QED) is 0.444. The van der Waals surface area contributed by atoms with E-state index in [1.165, 1.54) is 4.90 Å². The second-order valence-corrected chi connectivity index (χ2v) is 11.6. The summed E-state index contributed by atoms with van der Waals surface area (Å²) in [7, 11) is 0. The van der Waals surface area contributed by atoms with Gasteiger partial charge in [0, 0.05) is 15.3 Å². The van der Waals surface area contributed by atoms with Crippen LogP contribution in [-0.2, 0) is 14.4 Å². The number of imide groups is 1. The molecule has 0 radical (unpaired) electrons. The molecule has 1 aromatic carbocycles. The third-order valence-electron chi connectivity index (χ3n) is 6.97. The molecule has 4 rings (SSSR count). The van der Waals surface area contributed by atoms with E-state index in [2.05, 4.69) is 37.2 Å². The van der Waals surface area contributed by atoms with Crippen LogP contribution in [0.3, 0.4) is 0 Å². The van der Waals surface area contributed by atoms with Gasteiger partial charge in [-0.25, -0.2) is 0 Å². The summed E-state index contributed by atoms with van der Waals surface area (Å²) in [5.74, 6) is -0.749. The van der Waals surface area contributed by atoms with Crippen molar-refractivity contribution in [3.63, 3.8) is 0 Å². The van der Waals surface area contributed by atoms with E-state index in [9.17, 15) is 14.4 Å². The van der Waals surface area contributed by atoms with Gasteiger partial charge < -0.3 is 5.32 Å². The van der Waals surface area contributed by atoms with Gasteiger partial charge in [0.1, 0.15) is 6.04 Å². The number of amides is 3. The molecule has 3 fully saturated rings. The van der Waals surface area contributed by atoms with Gasteiger partial charge in [-0.05, 0) is 56.1 Å². The fourth-order valence-electron chi connectivity index (χ4n) is 5.63. The molecule has 1 aliphatic heterocycles. The van der Waals surface area contributed by atoms with Crippen LogP contribution >= 0.6 is 31.9 Å². The molecule has 1 N–H and O–H groups in total. The third-order valence-corrected chi connectivity index (χ3v) is 10.2. The largest absolute Gasteiger partial charge is 0.324 e. The molecule has 1 aromatic rings. The maximum Gasteiger partial charge on any atom is 0.247 e. The number of fused-ring (bicyclic) bond motifs is 5. The number of hydrogen-bond donors (Lipinski definition) is 1. The summed E-state index contributed by atoms with van der Waals surface area (Å²) in [5.41, 5.74) is 2.80. The lowest BCUT2D eigenvalue weighted by Gasteiger charge is -2.28. The smallest absolute Gasteiger partial charge is 0.247 e. The predicted molar refractivity (Wildman–Crippen MR) is 124 cm³/mol. The van der Waals surface area contributed by atoms with Gasteiger partial charge in [-0.15, -0.1) is 0 Å². The molecule has 2 saturated carbocycles. The Kier molecular flexibility index (Phi) is 5.90. The predicted octanol–water partition coefficient (Wildman–Crippen LogP) is 4.43. The molecule has 3 amide bonds. The van der Waals surface area contributed by atoms with Gasteiger partial charge in [-0.1, -0.05) is 63.4 Å². The van der Waals surface area contributed by atoms with Crippen LogP contribution < -0.4 is 5.32 Å². The van der Waals surface area contributed by atoms with Crippen molar-refractivity contribution in [2.75, 3.05) is 5.32 Å². The highest BCUT2D eigenvalue weighted by atomic mass is 79.9. The Morgan fingerprint density at radius 1 is 1.10 bits per heavy atom. The molecule has 0 unspecified atom stereocenters. The van der Waals surface area contributed by atoms with E-state index in [0.29, 0.717) is 6.42 Å². The van der Waals surface area contributed by atoms with Gasteiger partial charge in [0.2, 0.25) is 17.7 Å². The lowest BCUT2D eigenvalue weighted by Crippen LogP contribution is -2.49. The number of alkyl halides is 2. The van der Waals surface area contributed by atoms with E-state index in [1.807, 2.05) is 45.9 Å². The lowest BCUT2D eigenvalue weighted by atomic mass is 9.81. The first kappa shape index (κ1) is 22.0. The molecule has 3 aliphatic rings. The van der Waals surface area contributed by atoms with Gasteiger partial charge >= 0.3 is 0 Å². The number of carbonyl (C=O) groups excluding carboxylic acids is 3. The zero-order valence-electron chi connectivity index (χ0n) is 17.7. The van der Waals surface area contributed by atoms with Gasteiger partial charge in [-0.3, -0.25) is 19.3 Å². The lowest BCUT2D eigenvalue weighted by molar-refractivity contribution is -0.147. The highest BCUT2D eigenvalue weighted by molar-refractivity contribution is 9.12. The summed E-state index contributed by atoms with van der Waals surface area (Å²) in [4.78, 5) is 41.8. The number of carbonyl (C=O) groups is 3. The Morgan fingerprint density at radius 2 is 1.67 bits per heavy atom. The number of aryl methyl sites for hydroxylation is 2. The van der Waals surface area contributed by atoms with E-state index in [0.717, 1.165) is 23.2 Å². The van der Waals surface area contributed by atoms with Gasteiger partial charge in [0.05, 0.1) is 11.8 Å². The fourth-order valence-corrected chi connectivity index (χ4v) is 7.50. The number of anilines is 1. The summed E-state index contributed by atoms with van der Waals surface area (Å²) >= 11 is 7.44. The van der Waals surface area contributed by atoms with Gasteiger partial charge in [-0.2, -0.15) is 0 Å². The Bertz CT molecular complexity index is 870. The van der Waals surface area contributed by atoms with Gasteiger partial charge in [0.15, 0.2) is 0 Å². The van der Waals surface area contributed by atoms with Crippen LogP contribution in [0.15, 0.2) is 18.2 Å². The first-order valence-electron chi connectivity index (χ1n) is 10.6. The Labute approximate surface area is 194 Å². The Morgan fingerprint density at radius 3 is 2.17 bits per heavy atom. The van der Waals surface area contributed by atoms with Crippen LogP contribution in [0.4, 0.5) is 5.69 Å². The third kappa shape index (κ3) is 3.46. The topological polar surface area (TPSA) is 66.5 Å². The standard InChI is InChI=1S/C23H28Br2N2O3/c1-10(2)7-16(21(28)26-15-6-5-11(3)8-12(15)4)27-22(29)17-13-9-14(18(17)23(27)30)20(25)19(13)24/h5-6,8,10,13-14,16-20H,7,9H2,1-4H3,(H,26,28)/t13-,14-,16+,17-,18-,19-,20+/m1/s1. The average molecular weight is 540 g/mol. The van der Waals surface area contributed by atoms with Crippen molar-refractivity contribution < 1.29 is 14.4 Å². The van der Waals surface area contributed by atoms with E-state index in [1.54, 1.807) is 0 Å². The minimum Gasteiger partial charge on any atom is -0.324 e. The van der Waals surface area contributed by atoms with Crippen molar-refractivity contribution >= 4 is 55.3 Å². The number of likely N-dealkylation sites (tertiary alicyclic amines) is 1. The first-order chi connectivity index (χ1) is 14.1. The molecule has 30 heavy (non-hydrogen) atoms. The first-order valence-corrected chi connectivity index (χ1v) is 12.5.